The highest BCUT2D eigenvalue weighted by molar-refractivity contribution is 7.99. The van der Waals surface area contributed by atoms with Gasteiger partial charge in [-0.05, 0) is 29.8 Å². The van der Waals surface area contributed by atoms with Crippen LogP contribution >= 0.6 is 11.8 Å². The maximum absolute atomic E-state index is 10.2. The molecule has 1 heterocycles. The molecule has 0 saturated heterocycles. The molecule has 18 heavy (non-hydrogen) atoms. The fourth-order valence-electron chi connectivity index (χ4n) is 1.80. The summed E-state index contributed by atoms with van der Waals surface area (Å²) in [6.07, 6.45) is -0.509. The molecule has 1 atom stereocenters. The Labute approximate surface area is 110 Å². The first-order chi connectivity index (χ1) is 8.56. The number of aromatic nitrogens is 4. The molecule has 1 aromatic carbocycles. The Bertz CT molecular complexity index is 520. The number of aliphatic hydroxyl groups is 1. The summed E-state index contributed by atoms with van der Waals surface area (Å²) < 4.78 is 1.60. The number of hydrogen-bond acceptors (Lipinski definition) is 5. The van der Waals surface area contributed by atoms with E-state index in [-0.39, 0.29) is 0 Å². The second-order valence-electron chi connectivity index (χ2n) is 4.33. The predicted octanol–water partition coefficient (Wildman–Crippen LogP) is 1.65. The highest BCUT2D eigenvalue weighted by Crippen LogP contribution is 2.23. The molecule has 0 saturated carbocycles. The molecule has 0 aliphatic heterocycles. The Hall–Kier alpha value is -1.40. The van der Waals surface area contributed by atoms with Crippen LogP contribution in [0.2, 0.25) is 0 Å². The Balaban J connectivity index is 2.03. The molecule has 5 nitrogen and oxygen atoms in total. The van der Waals surface area contributed by atoms with Gasteiger partial charge in [0.2, 0.25) is 5.16 Å². The highest BCUT2D eigenvalue weighted by Gasteiger charge is 2.11. The summed E-state index contributed by atoms with van der Waals surface area (Å²) in [7, 11) is 1.78. The third-order valence-electron chi connectivity index (χ3n) is 2.58. The van der Waals surface area contributed by atoms with E-state index in [2.05, 4.69) is 21.6 Å². The van der Waals surface area contributed by atoms with Crippen molar-refractivity contribution in [1.82, 2.24) is 20.2 Å². The van der Waals surface area contributed by atoms with Crippen LogP contribution in [0.5, 0.6) is 0 Å². The second-order valence-corrected chi connectivity index (χ2v) is 5.32. The minimum Gasteiger partial charge on any atom is -0.388 e. The molecule has 1 aromatic heterocycles. The molecule has 96 valence electrons. The van der Waals surface area contributed by atoms with Gasteiger partial charge >= 0.3 is 0 Å². The Morgan fingerprint density at radius 3 is 2.50 bits per heavy atom. The highest BCUT2D eigenvalue weighted by atomic mass is 32.2. The van der Waals surface area contributed by atoms with E-state index in [4.69, 9.17) is 0 Å². The number of aryl methyl sites for hydroxylation is 3. The molecule has 0 fully saturated rings. The summed E-state index contributed by atoms with van der Waals surface area (Å²) in [5.41, 5.74) is 3.26. The Kier molecular flexibility index (Phi) is 3.98. The summed E-state index contributed by atoms with van der Waals surface area (Å²) >= 11 is 1.45. The number of benzene rings is 1. The fourth-order valence-corrected chi connectivity index (χ4v) is 2.61. The third-order valence-corrected chi connectivity index (χ3v) is 3.67. The van der Waals surface area contributed by atoms with Gasteiger partial charge in [-0.25, -0.2) is 4.68 Å². The number of tetrazole rings is 1. The molecular weight excluding hydrogens is 248 g/mol. The normalized spacial score (nSPS) is 12.7. The summed E-state index contributed by atoms with van der Waals surface area (Å²) in [4.78, 5) is 0. The maximum atomic E-state index is 10.2. The lowest BCUT2D eigenvalue weighted by molar-refractivity contribution is 0.204. The van der Waals surface area contributed by atoms with Gasteiger partial charge in [-0.1, -0.05) is 41.1 Å². The van der Waals surface area contributed by atoms with Gasteiger partial charge in [-0.15, -0.1) is 5.10 Å². The van der Waals surface area contributed by atoms with E-state index in [1.54, 1.807) is 11.7 Å². The van der Waals surface area contributed by atoms with Crippen LogP contribution in [0.3, 0.4) is 0 Å². The first-order valence-corrected chi connectivity index (χ1v) is 6.66. The number of hydrogen-bond donors (Lipinski definition) is 1. The minimum atomic E-state index is -0.509. The van der Waals surface area contributed by atoms with Crippen LogP contribution in [-0.4, -0.2) is 31.1 Å². The van der Waals surface area contributed by atoms with E-state index in [0.717, 1.165) is 16.7 Å². The molecule has 0 aliphatic carbocycles. The van der Waals surface area contributed by atoms with Crippen molar-refractivity contribution in [2.45, 2.75) is 25.1 Å². The van der Waals surface area contributed by atoms with Crippen LogP contribution in [0.25, 0.3) is 0 Å². The van der Waals surface area contributed by atoms with Crippen LogP contribution in [-0.2, 0) is 7.05 Å². The topological polar surface area (TPSA) is 63.8 Å². The Morgan fingerprint density at radius 1 is 1.28 bits per heavy atom. The summed E-state index contributed by atoms with van der Waals surface area (Å²) in [6.45, 7) is 4.06. The van der Waals surface area contributed by atoms with Gasteiger partial charge in [0.05, 0.1) is 6.10 Å². The lowest BCUT2D eigenvalue weighted by atomic mass is 10.0. The van der Waals surface area contributed by atoms with Gasteiger partial charge in [0.25, 0.3) is 0 Å². The monoisotopic (exact) mass is 264 g/mol. The van der Waals surface area contributed by atoms with Gasteiger partial charge in [-0.2, -0.15) is 0 Å². The van der Waals surface area contributed by atoms with Crippen LogP contribution in [0, 0.1) is 13.8 Å². The van der Waals surface area contributed by atoms with Gasteiger partial charge in [-0.3, -0.25) is 0 Å². The molecule has 2 aromatic rings. The van der Waals surface area contributed by atoms with Gasteiger partial charge in [0.1, 0.15) is 0 Å². The summed E-state index contributed by atoms with van der Waals surface area (Å²) in [6, 6.07) is 6.11. The SMILES string of the molecule is Cc1cc(C)cc(C(O)CSc2nnnn2C)c1. The summed E-state index contributed by atoms with van der Waals surface area (Å²) in [5, 5.41) is 22.0. The van der Waals surface area contributed by atoms with E-state index in [9.17, 15) is 5.11 Å². The van der Waals surface area contributed by atoms with E-state index >= 15 is 0 Å². The van der Waals surface area contributed by atoms with Crippen molar-refractivity contribution in [2.75, 3.05) is 5.75 Å². The van der Waals surface area contributed by atoms with Crippen molar-refractivity contribution >= 4 is 11.8 Å². The molecule has 2 rings (SSSR count). The first-order valence-electron chi connectivity index (χ1n) is 5.67. The molecule has 0 radical (unpaired) electrons. The van der Waals surface area contributed by atoms with Crippen molar-refractivity contribution < 1.29 is 5.11 Å². The van der Waals surface area contributed by atoms with Crippen molar-refractivity contribution in [3.05, 3.63) is 34.9 Å². The fraction of sp³-hybridized carbons (Fsp3) is 0.417. The predicted molar refractivity (Wildman–Crippen MR) is 70.4 cm³/mol. The molecule has 1 unspecified atom stereocenters. The zero-order chi connectivity index (χ0) is 13.1. The van der Waals surface area contributed by atoms with E-state index in [1.807, 2.05) is 26.0 Å². The summed E-state index contributed by atoms with van der Waals surface area (Å²) in [5.74, 6) is 0.539. The smallest absolute Gasteiger partial charge is 0.209 e. The van der Waals surface area contributed by atoms with Crippen LogP contribution in [0.15, 0.2) is 23.4 Å². The molecule has 0 aliphatic rings. The molecule has 6 heteroatoms. The van der Waals surface area contributed by atoms with Crippen molar-refractivity contribution in [3.63, 3.8) is 0 Å². The molecule has 0 amide bonds. The van der Waals surface area contributed by atoms with Gasteiger partial charge in [0, 0.05) is 12.8 Å². The zero-order valence-electron chi connectivity index (χ0n) is 10.7. The van der Waals surface area contributed by atoms with Crippen LogP contribution in [0.1, 0.15) is 22.8 Å². The number of rotatable bonds is 4. The third kappa shape index (κ3) is 3.08. The standard InChI is InChI=1S/C12H16N4OS/c1-8-4-9(2)6-10(5-8)11(17)7-18-12-13-14-15-16(12)3/h4-6,11,17H,7H2,1-3H3. The average Bonchev–Trinajstić information content (AvgIpc) is 2.70. The zero-order valence-corrected chi connectivity index (χ0v) is 11.5. The lowest BCUT2D eigenvalue weighted by Gasteiger charge is -2.11. The lowest BCUT2D eigenvalue weighted by Crippen LogP contribution is -2.03. The quantitative estimate of drug-likeness (QED) is 0.851. The van der Waals surface area contributed by atoms with Crippen molar-refractivity contribution in [1.29, 1.82) is 0 Å². The largest absolute Gasteiger partial charge is 0.388 e. The van der Waals surface area contributed by atoms with E-state index in [1.165, 1.54) is 11.8 Å². The van der Waals surface area contributed by atoms with E-state index < -0.39 is 6.10 Å². The van der Waals surface area contributed by atoms with Gasteiger partial charge in [0.15, 0.2) is 0 Å². The van der Waals surface area contributed by atoms with Crippen molar-refractivity contribution in [2.24, 2.45) is 7.05 Å². The molecule has 1 N–H and O–H groups in total. The number of thioether (sulfide) groups is 1. The van der Waals surface area contributed by atoms with Crippen LogP contribution in [0.4, 0.5) is 0 Å². The van der Waals surface area contributed by atoms with E-state index in [0.29, 0.717) is 10.9 Å². The maximum Gasteiger partial charge on any atom is 0.209 e. The Morgan fingerprint density at radius 2 is 1.94 bits per heavy atom. The van der Waals surface area contributed by atoms with Crippen LogP contribution < -0.4 is 0 Å². The van der Waals surface area contributed by atoms with Crippen molar-refractivity contribution in [3.8, 4) is 0 Å². The molecular formula is C12H16N4OS. The number of nitrogens with zero attached hydrogens (tertiary/aromatic N) is 4. The molecule has 0 spiro atoms. The average molecular weight is 264 g/mol. The minimum absolute atomic E-state index is 0.509. The molecule has 0 bridgehead atoms. The number of aliphatic hydroxyl groups excluding tert-OH is 1. The first kappa shape index (κ1) is 13.0. The van der Waals surface area contributed by atoms with Gasteiger partial charge < -0.3 is 5.11 Å². The second kappa shape index (κ2) is 5.49.